The Balaban J connectivity index is 1.53. The van der Waals surface area contributed by atoms with Gasteiger partial charge in [0.05, 0.1) is 110 Å². The van der Waals surface area contributed by atoms with Crippen molar-refractivity contribution in [2.75, 3.05) is 44.4 Å². The van der Waals surface area contributed by atoms with E-state index >= 15 is 0 Å². The number of carboxylic acid groups (broad SMARTS) is 3. The maximum absolute atomic E-state index is 14.9. The van der Waals surface area contributed by atoms with Gasteiger partial charge in [0.25, 0.3) is 0 Å². The number of likely N-dealkylation sites (tertiary alicyclic amines) is 1. The lowest BCUT2D eigenvalue weighted by Gasteiger charge is -2.34. The third-order valence-corrected chi connectivity index (χ3v) is 24.4. The normalized spacial score (nSPS) is 16.0. The Hall–Kier alpha value is -11.4. The first kappa shape index (κ1) is 114. The number of rotatable bonds is 67. The van der Waals surface area contributed by atoms with Crippen LogP contribution in [0.15, 0.2) is 78.9 Å². The molecule has 0 spiro atoms. The van der Waals surface area contributed by atoms with E-state index in [2.05, 4.69) is 37.2 Å². The number of hydrogen-bond acceptors (Lipinski definition) is 28. The molecule has 1 fully saturated rings. The number of imide groups is 1. The third-order valence-electron chi connectivity index (χ3n) is 23.3. The molecule has 133 heavy (non-hydrogen) atoms. The number of aliphatic carboxylic acids is 3. The highest BCUT2D eigenvalue weighted by Crippen LogP contribution is 2.29. The fraction of sp³-hybridized carbons (Fsp3) is 0.596. The summed E-state index contributed by atoms with van der Waals surface area (Å²) in [5.74, 6) is -31.0. The number of amides is 9. The number of carbonyl (C=O) groups is 20. The summed E-state index contributed by atoms with van der Waals surface area (Å²) >= 11 is 0.943. The molecule has 0 saturated carbocycles. The molecular weight excluding hydrogens is 1750 g/mol. The smallest absolute Gasteiger partial charge is 0.304 e. The SMILES string of the molecule is CC[C@H](C)[C@H](NC(=O)[C@H](CO)CC(=O)[C@H](Cc1ccc(O)cc1)NC(=O)[C@H](CC(=O)O)CC(=O)[C@H](CO)NC(=O)[C@@H](CC(=O)[C@H](Cc1ccccc1)NC(=O)[C@@H](CC(=O)CNC(=O)[C@H](CCC(=O)O)CC(=O)CSCC(=O)CCCN1C(=O)CCCC1=O)[C@@H](C)O)[C@@H](C)O)C(=O)C[C@@H](Cc1ccc(O)cc1)C(=O)N[C@@](C)(CC(C)C)C(=O)C[C@@H](CC(=O)O)C(=O)N[C@H](C)CCCCN. The molecule has 1 heterocycles. The van der Waals surface area contributed by atoms with E-state index in [1.807, 2.05) is 0 Å². The molecule has 3 aromatic carbocycles. The number of nitrogens with zero attached hydrogens (tertiary/aromatic N) is 1. The summed E-state index contributed by atoms with van der Waals surface area (Å²) in [7, 11) is 0. The van der Waals surface area contributed by atoms with Crippen molar-refractivity contribution < 1.29 is 142 Å². The predicted octanol–water partition coefficient (Wildman–Crippen LogP) is 2.99. The molecule has 0 unspecified atom stereocenters. The monoisotopic (exact) mass is 1880 g/mol. The number of nitrogens with one attached hydrogen (secondary N) is 7. The summed E-state index contributed by atoms with van der Waals surface area (Å²) in [6.07, 6.45) is -9.21. The fourth-order valence-electron chi connectivity index (χ4n) is 15.5. The number of piperidine rings is 1. The van der Waals surface area contributed by atoms with E-state index in [0.29, 0.717) is 43.4 Å². The lowest BCUT2D eigenvalue weighted by Crippen LogP contribution is -2.56. The van der Waals surface area contributed by atoms with E-state index in [0.717, 1.165) is 30.5 Å². The number of benzene rings is 3. The number of unbranched alkanes of at least 4 members (excludes halogenated alkanes) is 1. The Morgan fingerprint density at radius 2 is 0.955 bits per heavy atom. The molecule has 1 aliphatic rings. The Bertz CT molecular complexity index is 4470. The molecule has 38 nitrogen and oxygen atoms in total. The van der Waals surface area contributed by atoms with Crippen molar-refractivity contribution in [1.29, 1.82) is 0 Å². The molecule has 18 N–H and O–H groups in total. The highest BCUT2D eigenvalue weighted by atomic mass is 32.2. The van der Waals surface area contributed by atoms with E-state index in [4.69, 9.17) is 5.73 Å². The van der Waals surface area contributed by atoms with Gasteiger partial charge in [-0.1, -0.05) is 95.1 Å². The average Bonchev–Trinajstić information content (AvgIpc) is 0.811. The maximum atomic E-state index is 14.9. The second-order valence-corrected chi connectivity index (χ2v) is 36.2. The Morgan fingerprint density at radius 3 is 1.48 bits per heavy atom. The van der Waals surface area contributed by atoms with E-state index in [9.17, 15) is 142 Å². The largest absolute Gasteiger partial charge is 0.508 e. The Kier molecular flexibility index (Phi) is 49.6. The summed E-state index contributed by atoms with van der Waals surface area (Å²) < 4.78 is 0. The van der Waals surface area contributed by atoms with Gasteiger partial charge in [-0.05, 0) is 145 Å². The maximum Gasteiger partial charge on any atom is 0.304 e. The molecule has 3 aromatic rings. The number of Topliss-reactive ketones (excluding diaryl/α,β-unsaturated/α-hetero) is 8. The van der Waals surface area contributed by atoms with Crippen LogP contribution in [0, 0.1) is 53.3 Å². The number of nitrogens with two attached hydrogens (primary N) is 1. The second-order valence-electron chi connectivity index (χ2n) is 35.2. The van der Waals surface area contributed by atoms with Gasteiger partial charge in [-0.25, -0.2) is 0 Å². The van der Waals surface area contributed by atoms with E-state index in [1.165, 1.54) is 55.5 Å². The number of aliphatic hydroxyl groups excluding tert-OH is 4. The number of ketones is 8. The molecule has 1 aliphatic heterocycles. The van der Waals surface area contributed by atoms with Crippen LogP contribution in [0.2, 0.25) is 0 Å². The van der Waals surface area contributed by atoms with E-state index < -0.39 is 285 Å². The summed E-state index contributed by atoms with van der Waals surface area (Å²) in [5.41, 5.74) is 5.01. The first-order chi connectivity index (χ1) is 62.7. The fourth-order valence-corrected chi connectivity index (χ4v) is 16.3. The summed E-state index contributed by atoms with van der Waals surface area (Å²) in [6.45, 7) is 9.64. The van der Waals surface area contributed by atoms with Gasteiger partial charge in [0.1, 0.15) is 29.1 Å². The Labute approximate surface area is 777 Å². The topological polar surface area (TPSA) is 637 Å². The van der Waals surface area contributed by atoms with Crippen LogP contribution in [0.1, 0.15) is 207 Å². The highest BCUT2D eigenvalue weighted by molar-refractivity contribution is 8.00. The van der Waals surface area contributed by atoms with Crippen molar-refractivity contribution in [1.82, 2.24) is 42.1 Å². The van der Waals surface area contributed by atoms with Crippen LogP contribution in [0.4, 0.5) is 0 Å². The second kappa shape index (κ2) is 57.9. The van der Waals surface area contributed by atoms with Crippen LogP contribution >= 0.6 is 11.8 Å². The van der Waals surface area contributed by atoms with E-state index in [1.54, 1.807) is 65.0 Å². The van der Waals surface area contributed by atoms with Gasteiger partial charge in [-0.2, -0.15) is 0 Å². The van der Waals surface area contributed by atoms with Gasteiger partial charge >= 0.3 is 17.9 Å². The molecule has 4 rings (SSSR count). The van der Waals surface area contributed by atoms with Gasteiger partial charge in [-0.3, -0.25) is 101 Å². The minimum atomic E-state index is -2.00. The minimum Gasteiger partial charge on any atom is -0.508 e. The minimum absolute atomic E-state index is 0.0112. The van der Waals surface area contributed by atoms with Crippen molar-refractivity contribution >= 4 is 129 Å². The summed E-state index contributed by atoms with van der Waals surface area (Å²) in [5, 5.41) is 111. The molecule has 0 radical (unpaired) electrons. The van der Waals surface area contributed by atoms with Crippen LogP contribution in [0.3, 0.4) is 0 Å². The molecule has 0 bridgehead atoms. The number of aliphatic hydroxyl groups is 4. The average molecular weight is 1890 g/mol. The number of thioether (sulfide) groups is 1. The van der Waals surface area contributed by atoms with Gasteiger partial charge in [0, 0.05) is 95.1 Å². The summed E-state index contributed by atoms with van der Waals surface area (Å²) in [4.78, 5) is 274. The Morgan fingerprint density at radius 1 is 0.466 bits per heavy atom. The lowest BCUT2D eigenvalue weighted by atomic mass is 9.80. The third kappa shape index (κ3) is 40.9. The zero-order chi connectivity index (χ0) is 99.5. The molecule has 16 atom stereocenters. The van der Waals surface area contributed by atoms with Crippen molar-refractivity contribution in [3.63, 3.8) is 0 Å². The van der Waals surface area contributed by atoms with Crippen molar-refractivity contribution in [2.24, 2.45) is 59.0 Å². The zero-order valence-corrected chi connectivity index (χ0v) is 77.6. The van der Waals surface area contributed by atoms with Gasteiger partial charge in [0.2, 0.25) is 53.2 Å². The van der Waals surface area contributed by atoms with Crippen molar-refractivity contribution in [2.45, 2.75) is 257 Å². The first-order valence-electron chi connectivity index (χ1n) is 45.0. The van der Waals surface area contributed by atoms with Gasteiger partial charge in [-0.15, -0.1) is 11.8 Å². The number of carbonyl (C=O) groups excluding carboxylic acids is 17. The molecule has 0 aliphatic carbocycles. The number of aromatic hydroxyl groups is 2. The predicted molar refractivity (Wildman–Crippen MR) is 483 cm³/mol. The molecular formula is C94H133N9O29S. The number of hydrogen-bond donors (Lipinski definition) is 17. The first-order valence-corrected chi connectivity index (χ1v) is 46.1. The zero-order valence-electron chi connectivity index (χ0n) is 76.8. The lowest BCUT2D eigenvalue weighted by molar-refractivity contribution is -0.148. The molecule has 0 aromatic heterocycles. The highest BCUT2D eigenvalue weighted by Gasteiger charge is 2.44. The van der Waals surface area contributed by atoms with Crippen molar-refractivity contribution in [3.8, 4) is 11.5 Å². The number of phenolic OH excluding ortho intramolecular Hbond substituents is 2. The summed E-state index contributed by atoms with van der Waals surface area (Å²) in [6, 6.07) is 11.7. The van der Waals surface area contributed by atoms with Crippen LogP contribution in [-0.4, -0.2) is 261 Å². The van der Waals surface area contributed by atoms with Crippen LogP contribution in [0.5, 0.6) is 11.5 Å². The van der Waals surface area contributed by atoms with Crippen LogP contribution in [0.25, 0.3) is 0 Å². The van der Waals surface area contributed by atoms with E-state index in [-0.39, 0.29) is 116 Å². The molecule has 39 heteroatoms. The standard InChI is InChI=1S/C94H133N9O29S/c1-9-54(4)86(79(116)40-62(35-59-23-28-66(108)29-24-59)91(130)102-94(8,47-53(2)3)80(117)42-64(44-85(124)125)88(127)97-55(5)17-13-14-33-95)101-90(129)65(49-104)41-76(113)73(37-60-25-30-67(109)31-26-60)98-89(128)63(43-84(122)123)39-77(114)75(50-105)100-93(132)72(57(7)107)46-78(115)74(36-58-18-11-10-12-19-58)99-92(131)71(56(6)106)45-69(111)48-96-87(126)61(27-32-83(120)121)38-70(112)52-133-51-68(110)20-16-34-103-81(118)21-15-22-82(103)119/h10-12,18-19,23-26,28-31,53-57,61-65,71-75,86,104-109H,9,13-17,20-22,27,32-52,95H2,1-8H3,(H,96,126)(H,97,127)(H,98,128)(H,99,131)(H,100,132)(H,101,129)(H,102,130)(H,120,121)(H,122,123)(H,124,125)/t54-,55+,56+,57+,61+,62+,63-,64-,65-,71-,72-,73-,74-,75-,86-,94-/m0/s1. The van der Waals surface area contributed by atoms with Gasteiger partial charge < -0.3 is 88.9 Å². The van der Waals surface area contributed by atoms with Crippen molar-refractivity contribution in [3.05, 3.63) is 95.6 Å². The van der Waals surface area contributed by atoms with Gasteiger partial charge in [0.15, 0.2) is 34.7 Å². The molecule has 1 saturated heterocycles. The van der Waals surface area contributed by atoms with Crippen LogP contribution < -0.4 is 43.0 Å². The quantitative estimate of drug-likeness (QED) is 0.0285. The number of carboxylic acids is 3. The molecule has 9 amide bonds. The van der Waals surface area contributed by atoms with Crippen LogP contribution in [-0.2, 0) is 115 Å². The number of phenols is 2. The molecule has 734 valence electrons.